The summed E-state index contributed by atoms with van der Waals surface area (Å²) < 4.78 is 25.1. The van der Waals surface area contributed by atoms with Gasteiger partial charge < -0.3 is 18.3 Å². The van der Waals surface area contributed by atoms with Crippen LogP contribution in [0.1, 0.15) is 128 Å². The van der Waals surface area contributed by atoms with Crippen LogP contribution >= 0.6 is 0 Å². The smallest absolute Gasteiger partial charge is 0.311 e. The zero-order valence-electron chi connectivity index (χ0n) is 35.0. The van der Waals surface area contributed by atoms with Crippen molar-refractivity contribution in [3.8, 4) is 11.5 Å². The summed E-state index contributed by atoms with van der Waals surface area (Å²) in [5.41, 5.74) is 5.58. The molecule has 0 aliphatic rings. The van der Waals surface area contributed by atoms with Crippen LogP contribution in [0.25, 0.3) is 0 Å². The molecule has 0 aliphatic heterocycles. The van der Waals surface area contributed by atoms with Crippen molar-refractivity contribution in [2.45, 2.75) is 170 Å². The number of carbonyl (C=O) groups is 2. The summed E-state index contributed by atoms with van der Waals surface area (Å²) in [7, 11) is -3.78. The summed E-state index contributed by atoms with van der Waals surface area (Å²) in [6, 6.07) is 8.10. The minimum absolute atomic E-state index is 0.0793. The third-order valence-corrected chi connectivity index (χ3v) is 20.3. The SMILES string of the molecule is Cc1cc(C)c(C(C)(C)CCO[Si](C)(C)C(C)(C)C)c(OC(=O)CCC(=O)Oc2cc(C)cc(C)c2C(C)(C)CCO[Si](C)(C)C(C)(C)C)c1. The zero-order valence-corrected chi connectivity index (χ0v) is 37.0. The Morgan fingerprint density at radius 2 is 0.840 bits per heavy atom. The second-order valence-corrected chi connectivity index (χ2v) is 28.5. The number of aryl methyl sites for hydroxylation is 4. The maximum Gasteiger partial charge on any atom is 0.311 e. The molecule has 2 aromatic rings. The van der Waals surface area contributed by atoms with Gasteiger partial charge in [0.25, 0.3) is 0 Å². The molecular weight excluding hydrogens is 657 g/mol. The molecule has 0 heterocycles. The lowest BCUT2D eigenvalue weighted by molar-refractivity contribution is -0.140. The Hall–Kier alpha value is -2.27. The molecule has 0 aromatic heterocycles. The molecule has 0 aliphatic carbocycles. The first-order valence-electron chi connectivity index (χ1n) is 18.4. The molecule has 0 unspecified atom stereocenters. The summed E-state index contributed by atoms with van der Waals surface area (Å²) >= 11 is 0. The fourth-order valence-electron chi connectivity index (χ4n) is 6.11. The molecule has 8 heteroatoms. The third kappa shape index (κ3) is 11.6. The van der Waals surface area contributed by atoms with Gasteiger partial charge in [-0.15, -0.1) is 0 Å². The van der Waals surface area contributed by atoms with Gasteiger partial charge in [0.05, 0.1) is 12.8 Å². The van der Waals surface area contributed by atoms with Crippen LogP contribution < -0.4 is 9.47 Å². The molecule has 50 heavy (non-hydrogen) atoms. The van der Waals surface area contributed by atoms with Crippen molar-refractivity contribution in [2.24, 2.45) is 0 Å². The van der Waals surface area contributed by atoms with Crippen LogP contribution in [-0.2, 0) is 29.3 Å². The number of rotatable bonds is 15. The lowest BCUT2D eigenvalue weighted by Gasteiger charge is -2.37. The maximum atomic E-state index is 13.3. The van der Waals surface area contributed by atoms with Gasteiger partial charge in [0.1, 0.15) is 11.5 Å². The molecule has 0 saturated heterocycles. The monoisotopic (exact) mass is 726 g/mol. The van der Waals surface area contributed by atoms with Crippen LogP contribution in [0, 0.1) is 27.7 Å². The van der Waals surface area contributed by atoms with Gasteiger partial charge in [0.15, 0.2) is 16.6 Å². The van der Waals surface area contributed by atoms with Crippen molar-refractivity contribution in [1.82, 2.24) is 0 Å². The van der Waals surface area contributed by atoms with Crippen LogP contribution in [0.2, 0.25) is 36.3 Å². The zero-order chi connectivity index (χ0) is 38.7. The molecule has 0 radical (unpaired) electrons. The van der Waals surface area contributed by atoms with E-state index in [2.05, 4.69) is 121 Å². The Morgan fingerprint density at radius 1 is 0.540 bits per heavy atom. The van der Waals surface area contributed by atoms with E-state index in [1.54, 1.807) is 0 Å². The van der Waals surface area contributed by atoms with Crippen molar-refractivity contribution in [1.29, 1.82) is 0 Å². The van der Waals surface area contributed by atoms with Crippen LogP contribution in [0.4, 0.5) is 0 Å². The van der Waals surface area contributed by atoms with E-state index in [1.807, 2.05) is 26.0 Å². The molecule has 0 fully saturated rings. The van der Waals surface area contributed by atoms with Crippen molar-refractivity contribution in [2.75, 3.05) is 13.2 Å². The van der Waals surface area contributed by atoms with Gasteiger partial charge >= 0.3 is 11.9 Å². The average Bonchev–Trinajstić information content (AvgIpc) is 2.89. The van der Waals surface area contributed by atoms with Gasteiger partial charge in [-0.3, -0.25) is 9.59 Å². The fourth-order valence-corrected chi connectivity index (χ4v) is 8.20. The molecule has 0 N–H and O–H groups in total. The molecule has 2 rings (SSSR count). The summed E-state index contributed by atoms with van der Waals surface area (Å²) in [4.78, 5) is 26.5. The number of carbonyl (C=O) groups excluding carboxylic acids is 2. The predicted molar refractivity (Wildman–Crippen MR) is 214 cm³/mol. The van der Waals surface area contributed by atoms with Crippen LogP contribution in [-0.4, -0.2) is 41.8 Å². The van der Waals surface area contributed by atoms with Crippen molar-refractivity contribution in [3.05, 3.63) is 57.6 Å². The van der Waals surface area contributed by atoms with Crippen molar-refractivity contribution < 1.29 is 27.9 Å². The Labute approximate surface area is 307 Å². The predicted octanol–water partition coefficient (Wildman–Crippen LogP) is 11.6. The standard InChI is InChI=1S/C42H70O6Si2/c1-29-25-31(3)37(41(11,12)21-23-45-49(15,16)39(5,6)7)33(27-29)47-35(43)19-20-36(44)48-34-28-30(2)26-32(4)38(34)42(13,14)22-24-46-50(17,18)40(8,9)10/h25-28H,19-24H2,1-18H3. The molecule has 0 spiro atoms. The molecule has 6 nitrogen and oxygen atoms in total. The lowest BCUT2D eigenvalue weighted by Crippen LogP contribution is -2.41. The summed E-state index contributed by atoms with van der Waals surface area (Å²) in [5.74, 6) is 0.198. The molecule has 0 amide bonds. The lowest BCUT2D eigenvalue weighted by atomic mass is 9.78. The quantitative estimate of drug-likeness (QED) is 0.103. The summed E-state index contributed by atoms with van der Waals surface area (Å²) in [6.45, 7) is 40.7. The molecule has 0 bridgehead atoms. The average molecular weight is 727 g/mol. The number of ether oxygens (including phenoxy) is 2. The fraction of sp³-hybridized carbons (Fsp3) is 0.667. The molecule has 282 valence electrons. The Bertz CT molecular complexity index is 1390. The van der Waals surface area contributed by atoms with Gasteiger partial charge in [0.2, 0.25) is 0 Å². The maximum absolute atomic E-state index is 13.3. The first-order chi connectivity index (χ1) is 22.5. The summed E-state index contributed by atoms with van der Waals surface area (Å²) in [5, 5.41) is 0.266. The highest BCUT2D eigenvalue weighted by atomic mass is 28.4. The van der Waals surface area contributed by atoms with Gasteiger partial charge in [-0.05, 0) is 122 Å². The topological polar surface area (TPSA) is 71.1 Å². The molecule has 0 atom stereocenters. The molecule has 2 aromatic carbocycles. The Kier molecular flexibility index (Phi) is 14.2. The van der Waals surface area contributed by atoms with Gasteiger partial charge in [-0.2, -0.15) is 0 Å². The molecular formula is C42H70O6Si2. The number of esters is 2. The largest absolute Gasteiger partial charge is 0.426 e. The van der Waals surface area contributed by atoms with Crippen LogP contribution in [0.5, 0.6) is 11.5 Å². The second-order valence-electron chi connectivity index (χ2n) is 18.8. The van der Waals surface area contributed by atoms with Crippen LogP contribution in [0.15, 0.2) is 24.3 Å². The minimum atomic E-state index is -1.89. The highest BCUT2D eigenvalue weighted by Crippen LogP contribution is 2.42. The van der Waals surface area contributed by atoms with Crippen molar-refractivity contribution >= 4 is 28.6 Å². The van der Waals surface area contributed by atoms with E-state index in [0.29, 0.717) is 24.7 Å². The Balaban J connectivity index is 2.18. The van der Waals surface area contributed by atoms with E-state index in [1.165, 1.54) is 0 Å². The summed E-state index contributed by atoms with van der Waals surface area (Å²) in [6.07, 6.45) is 1.42. The third-order valence-electron chi connectivity index (χ3n) is 11.2. The highest BCUT2D eigenvalue weighted by Gasteiger charge is 2.39. The van der Waals surface area contributed by atoms with E-state index in [4.69, 9.17) is 18.3 Å². The normalized spacial score (nSPS) is 13.4. The number of hydrogen-bond donors (Lipinski definition) is 0. The van der Waals surface area contributed by atoms with Crippen molar-refractivity contribution in [3.63, 3.8) is 0 Å². The second kappa shape index (κ2) is 16.2. The first-order valence-corrected chi connectivity index (χ1v) is 24.3. The van der Waals surface area contributed by atoms with Gasteiger partial charge in [-0.25, -0.2) is 0 Å². The first kappa shape index (κ1) is 43.9. The number of benzene rings is 2. The minimum Gasteiger partial charge on any atom is -0.426 e. The van der Waals surface area contributed by atoms with E-state index < -0.39 is 28.6 Å². The highest BCUT2D eigenvalue weighted by molar-refractivity contribution is 6.74. The van der Waals surface area contributed by atoms with E-state index in [9.17, 15) is 9.59 Å². The van der Waals surface area contributed by atoms with E-state index in [-0.39, 0.29) is 33.7 Å². The van der Waals surface area contributed by atoms with E-state index in [0.717, 1.165) is 46.2 Å². The van der Waals surface area contributed by atoms with Gasteiger partial charge in [0, 0.05) is 24.3 Å². The Morgan fingerprint density at radius 3 is 1.12 bits per heavy atom. The van der Waals surface area contributed by atoms with Gasteiger partial charge in [-0.1, -0.05) is 81.4 Å². The van der Waals surface area contributed by atoms with Crippen LogP contribution in [0.3, 0.4) is 0 Å². The molecule has 0 saturated carbocycles. The number of hydrogen-bond acceptors (Lipinski definition) is 6. The van der Waals surface area contributed by atoms with E-state index >= 15 is 0 Å².